The molecule has 20 heavy (non-hydrogen) atoms. The summed E-state index contributed by atoms with van der Waals surface area (Å²) in [5, 5.41) is 3.40. The third-order valence-corrected chi connectivity index (χ3v) is 4.34. The molecule has 0 radical (unpaired) electrons. The van der Waals surface area contributed by atoms with Gasteiger partial charge in [0.25, 0.3) is 0 Å². The van der Waals surface area contributed by atoms with Gasteiger partial charge in [0.1, 0.15) is 0 Å². The Kier molecular flexibility index (Phi) is 4.33. The minimum atomic E-state index is 0.233. The van der Waals surface area contributed by atoms with E-state index < -0.39 is 0 Å². The van der Waals surface area contributed by atoms with E-state index in [0.717, 1.165) is 44.3 Å². The number of nitrogens with one attached hydrogen (secondary N) is 1. The van der Waals surface area contributed by atoms with E-state index in [4.69, 9.17) is 0 Å². The summed E-state index contributed by atoms with van der Waals surface area (Å²) in [6.45, 7) is 5.71. The average Bonchev–Trinajstić information content (AvgIpc) is 2.49. The van der Waals surface area contributed by atoms with Gasteiger partial charge < -0.3 is 10.2 Å². The molecular formula is C16H23N3O. The number of rotatable bonds is 3. The van der Waals surface area contributed by atoms with Crippen LogP contribution in [-0.4, -0.2) is 50.1 Å². The maximum absolute atomic E-state index is 12.3. The number of hydrogen-bond donors (Lipinski definition) is 1. The number of amides is 1. The Labute approximate surface area is 120 Å². The Balaban J connectivity index is 1.55. The second-order valence-electron chi connectivity index (χ2n) is 5.81. The van der Waals surface area contributed by atoms with Crippen LogP contribution >= 0.6 is 0 Å². The van der Waals surface area contributed by atoms with Crippen molar-refractivity contribution in [3.05, 3.63) is 30.3 Å². The van der Waals surface area contributed by atoms with Crippen LogP contribution in [0.2, 0.25) is 0 Å². The zero-order chi connectivity index (χ0) is 13.8. The number of benzene rings is 1. The SMILES string of the molecule is O=C1CN(CC2CCNCC2)CCN1c1ccccc1. The van der Waals surface area contributed by atoms with E-state index in [0.29, 0.717) is 6.54 Å². The number of piperazine rings is 1. The normalized spacial score (nSPS) is 22.2. The first-order valence-corrected chi connectivity index (χ1v) is 7.61. The molecule has 1 aromatic carbocycles. The van der Waals surface area contributed by atoms with Crippen molar-refractivity contribution in [2.45, 2.75) is 12.8 Å². The molecule has 0 aromatic heterocycles. The average molecular weight is 273 g/mol. The van der Waals surface area contributed by atoms with E-state index in [1.807, 2.05) is 35.2 Å². The van der Waals surface area contributed by atoms with Crippen LogP contribution in [0.3, 0.4) is 0 Å². The largest absolute Gasteiger partial charge is 0.317 e. The smallest absolute Gasteiger partial charge is 0.241 e. The fourth-order valence-electron chi connectivity index (χ4n) is 3.19. The third-order valence-electron chi connectivity index (χ3n) is 4.34. The van der Waals surface area contributed by atoms with Gasteiger partial charge in [0.15, 0.2) is 0 Å². The highest BCUT2D eigenvalue weighted by atomic mass is 16.2. The molecule has 1 amide bonds. The molecule has 2 heterocycles. The van der Waals surface area contributed by atoms with E-state index in [2.05, 4.69) is 10.2 Å². The molecule has 1 aromatic rings. The number of carbonyl (C=O) groups is 1. The van der Waals surface area contributed by atoms with E-state index >= 15 is 0 Å². The standard InChI is InChI=1S/C16H23N3O/c20-16-13-18(12-14-6-8-17-9-7-14)10-11-19(16)15-4-2-1-3-5-15/h1-5,14,17H,6-13H2. The van der Waals surface area contributed by atoms with Crippen LogP contribution in [0.1, 0.15) is 12.8 Å². The quantitative estimate of drug-likeness (QED) is 0.902. The monoisotopic (exact) mass is 273 g/mol. The summed E-state index contributed by atoms with van der Waals surface area (Å²) < 4.78 is 0. The predicted octanol–water partition coefficient (Wildman–Crippen LogP) is 1.33. The summed E-state index contributed by atoms with van der Waals surface area (Å²) in [5.41, 5.74) is 1.03. The van der Waals surface area contributed by atoms with Crippen molar-refractivity contribution in [2.75, 3.05) is 44.2 Å². The summed E-state index contributed by atoms with van der Waals surface area (Å²) in [4.78, 5) is 16.6. The Hall–Kier alpha value is -1.39. The molecule has 2 fully saturated rings. The maximum atomic E-state index is 12.3. The highest BCUT2D eigenvalue weighted by Gasteiger charge is 2.26. The molecule has 2 aliphatic heterocycles. The second-order valence-corrected chi connectivity index (χ2v) is 5.81. The van der Waals surface area contributed by atoms with Crippen molar-refractivity contribution < 1.29 is 4.79 Å². The van der Waals surface area contributed by atoms with Crippen molar-refractivity contribution in [3.8, 4) is 0 Å². The van der Waals surface area contributed by atoms with Crippen LogP contribution in [0.25, 0.3) is 0 Å². The molecule has 0 spiro atoms. The van der Waals surface area contributed by atoms with E-state index in [9.17, 15) is 4.79 Å². The Morgan fingerprint density at radius 2 is 1.85 bits per heavy atom. The minimum absolute atomic E-state index is 0.233. The van der Waals surface area contributed by atoms with Gasteiger partial charge in [-0.3, -0.25) is 9.69 Å². The van der Waals surface area contributed by atoms with Crippen molar-refractivity contribution in [1.82, 2.24) is 10.2 Å². The first-order valence-electron chi connectivity index (χ1n) is 7.61. The first-order chi connectivity index (χ1) is 9.83. The van der Waals surface area contributed by atoms with Gasteiger partial charge in [-0.25, -0.2) is 0 Å². The van der Waals surface area contributed by atoms with Crippen LogP contribution in [0.15, 0.2) is 30.3 Å². The fraction of sp³-hybridized carbons (Fsp3) is 0.562. The lowest BCUT2D eigenvalue weighted by atomic mass is 9.97. The van der Waals surface area contributed by atoms with Crippen LogP contribution in [-0.2, 0) is 4.79 Å². The van der Waals surface area contributed by atoms with Crippen molar-refractivity contribution in [2.24, 2.45) is 5.92 Å². The molecule has 0 bridgehead atoms. The van der Waals surface area contributed by atoms with Gasteiger partial charge in [-0.2, -0.15) is 0 Å². The Morgan fingerprint density at radius 3 is 2.55 bits per heavy atom. The highest BCUT2D eigenvalue weighted by Crippen LogP contribution is 2.19. The van der Waals surface area contributed by atoms with Gasteiger partial charge in [0.05, 0.1) is 6.54 Å². The van der Waals surface area contributed by atoms with E-state index in [-0.39, 0.29) is 5.91 Å². The van der Waals surface area contributed by atoms with Gasteiger partial charge in [-0.1, -0.05) is 18.2 Å². The van der Waals surface area contributed by atoms with Crippen LogP contribution in [0.5, 0.6) is 0 Å². The topological polar surface area (TPSA) is 35.6 Å². The molecule has 3 rings (SSSR count). The molecule has 4 nitrogen and oxygen atoms in total. The maximum Gasteiger partial charge on any atom is 0.241 e. The predicted molar refractivity (Wildman–Crippen MR) is 80.8 cm³/mol. The van der Waals surface area contributed by atoms with Gasteiger partial charge in [-0.05, 0) is 44.0 Å². The van der Waals surface area contributed by atoms with Gasteiger partial charge in [0, 0.05) is 25.3 Å². The number of piperidine rings is 1. The molecule has 0 saturated carbocycles. The summed E-state index contributed by atoms with van der Waals surface area (Å²) in [7, 11) is 0. The molecule has 108 valence electrons. The highest BCUT2D eigenvalue weighted by molar-refractivity contribution is 5.95. The van der Waals surface area contributed by atoms with Crippen molar-refractivity contribution in [3.63, 3.8) is 0 Å². The Bertz CT molecular complexity index is 442. The number of nitrogens with zero attached hydrogens (tertiary/aromatic N) is 2. The minimum Gasteiger partial charge on any atom is -0.317 e. The number of hydrogen-bond acceptors (Lipinski definition) is 3. The number of para-hydroxylation sites is 1. The molecular weight excluding hydrogens is 250 g/mol. The molecule has 1 N–H and O–H groups in total. The zero-order valence-corrected chi connectivity index (χ0v) is 11.9. The zero-order valence-electron chi connectivity index (χ0n) is 11.9. The summed E-state index contributed by atoms with van der Waals surface area (Å²) in [5.74, 6) is 0.990. The first kappa shape index (κ1) is 13.6. The summed E-state index contributed by atoms with van der Waals surface area (Å²) in [6, 6.07) is 10.00. The van der Waals surface area contributed by atoms with Gasteiger partial charge >= 0.3 is 0 Å². The van der Waals surface area contributed by atoms with Crippen LogP contribution in [0.4, 0.5) is 5.69 Å². The van der Waals surface area contributed by atoms with Crippen molar-refractivity contribution >= 4 is 11.6 Å². The molecule has 0 atom stereocenters. The number of anilines is 1. The lowest BCUT2D eigenvalue weighted by molar-refractivity contribution is -0.121. The molecule has 0 aliphatic carbocycles. The van der Waals surface area contributed by atoms with E-state index in [1.54, 1.807) is 0 Å². The fourth-order valence-corrected chi connectivity index (χ4v) is 3.19. The lowest BCUT2D eigenvalue weighted by Gasteiger charge is -2.36. The Morgan fingerprint density at radius 1 is 1.10 bits per heavy atom. The van der Waals surface area contributed by atoms with Gasteiger partial charge in [-0.15, -0.1) is 0 Å². The summed E-state index contributed by atoms with van der Waals surface area (Å²) in [6.07, 6.45) is 2.49. The number of carbonyl (C=O) groups excluding carboxylic acids is 1. The van der Waals surface area contributed by atoms with Crippen LogP contribution < -0.4 is 10.2 Å². The van der Waals surface area contributed by atoms with Crippen LogP contribution in [0, 0.1) is 5.92 Å². The van der Waals surface area contributed by atoms with Crippen molar-refractivity contribution in [1.29, 1.82) is 0 Å². The molecule has 2 aliphatic rings. The molecule has 2 saturated heterocycles. The lowest BCUT2D eigenvalue weighted by Crippen LogP contribution is -2.52. The second kappa shape index (κ2) is 6.37. The summed E-state index contributed by atoms with van der Waals surface area (Å²) >= 11 is 0. The third kappa shape index (κ3) is 3.19. The van der Waals surface area contributed by atoms with E-state index in [1.165, 1.54) is 12.8 Å². The van der Waals surface area contributed by atoms with Gasteiger partial charge in [0.2, 0.25) is 5.91 Å². The molecule has 0 unspecified atom stereocenters. The molecule has 4 heteroatoms.